The minimum absolute atomic E-state index is 0.0344. The Morgan fingerprint density at radius 3 is 2.52 bits per heavy atom. The van der Waals surface area contributed by atoms with E-state index in [0.717, 1.165) is 54.8 Å². The van der Waals surface area contributed by atoms with E-state index in [9.17, 15) is 4.79 Å². The van der Waals surface area contributed by atoms with Crippen LogP contribution in [0.3, 0.4) is 0 Å². The van der Waals surface area contributed by atoms with Crippen LogP contribution in [0.15, 0.2) is 0 Å². The van der Waals surface area contributed by atoms with Crippen LogP contribution in [0.4, 0.5) is 0 Å². The van der Waals surface area contributed by atoms with Crippen LogP contribution in [0.5, 0.6) is 0 Å². The Bertz CT molecular complexity index is 669. The van der Waals surface area contributed by atoms with Gasteiger partial charge in [-0.3, -0.25) is 4.79 Å². The monoisotopic (exact) mass is 400 g/mol. The van der Waals surface area contributed by atoms with Gasteiger partial charge < -0.3 is 4.74 Å². The van der Waals surface area contributed by atoms with Crippen molar-refractivity contribution in [3.05, 3.63) is 0 Å². The summed E-state index contributed by atoms with van der Waals surface area (Å²) in [6.45, 7) is 12.5. The van der Waals surface area contributed by atoms with Gasteiger partial charge in [-0.05, 0) is 85.9 Å². The number of carbonyl (C=O) groups excluding carboxylic acids is 1. The molecule has 0 bridgehead atoms. The van der Waals surface area contributed by atoms with Gasteiger partial charge in [0.1, 0.15) is 11.7 Å². The number of ether oxygens (including phenoxy) is 1. The van der Waals surface area contributed by atoms with Crippen molar-refractivity contribution in [1.82, 2.24) is 0 Å². The van der Waals surface area contributed by atoms with Gasteiger partial charge >= 0.3 is 0 Å². The SMILES string of the molecule is CC(C)CCC[C@@H](C)[C@H]1CC[C@H]2C3CCC45OC4C(=O)CC[C@]5(C)[C@H]3CC[C@]12C. The number of epoxide rings is 1. The first kappa shape index (κ1) is 20.5. The molecule has 164 valence electrons. The highest BCUT2D eigenvalue weighted by molar-refractivity contribution is 5.88. The predicted molar refractivity (Wildman–Crippen MR) is 118 cm³/mol. The highest BCUT2D eigenvalue weighted by atomic mass is 16.6. The zero-order valence-corrected chi connectivity index (χ0v) is 19.6. The van der Waals surface area contributed by atoms with Crippen molar-refractivity contribution < 1.29 is 9.53 Å². The third kappa shape index (κ3) is 2.79. The van der Waals surface area contributed by atoms with Crippen molar-refractivity contribution in [2.45, 2.75) is 117 Å². The molecule has 0 radical (unpaired) electrons. The fourth-order valence-corrected chi connectivity index (χ4v) is 9.52. The van der Waals surface area contributed by atoms with Crippen molar-refractivity contribution in [1.29, 1.82) is 0 Å². The van der Waals surface area contributed by atoms with E-state index in [1.165, 1.54) is 51.4 Å². The molecule has 5 fully saturated rings. The maximum absolute atomic E-state index is 12.3. The number of hydrogen-bond acceptors (Lipinski definition) is 2. The molecule has 2 heteroatoms. The maximum atomic E-state index is 12.3. The van der Waals surface area contributed by atoms with E-state index < -0.39 is 0 Å². The van der Waals surface area contributed by atoms with Gasteiger partial charge in [-0.1, -0.05) is 53.9 Å². The van der Waals surface area contributed by atoms with Crippen molar-refractivity contribution in [3.63, 3.8) is 0 Å². The third-order valence-corrected chi connectivity index (χ3v) is 11.2. The second kappa shape index (κ2) is 6.81. The largest absolute Gasteiger partial charge is 0.357 e. The lowest BCUT2D eigenvalue weighted by Gasteiger charge is -2.59. The summed E-state index contributed by atoms with van der Waals surface area (Å²) in [7, 11) is 0. The first-order valence-corrected chi connectivity index (χ1v) is 12.9. The van der Waals surface area contributed by atoms with E-state index in [2.05, 4.69) is 34.6 Å². The third-order valence-electron chi connectivity index (χ3n) is 11.2. The van der Waals surface area contributed by atoms with Crippen molar-refractivity contribution in [2.24, 2.45) is 46.3 Å². The molecule has 1 spiro atoms. The highest BCUT2D eigenvalue weighted by Crippen LogP contribution is 2.73. The molecule has 5 aliphatic rings. The Labute approximate surface area is 178 Å². The molecule has 2 nitrogen and oxygen atoms in total. The van der Waals surface area contributed by atoms with Crippen LogP contribution in [-0.4, -0.2) is 17.5 Å². The molecule has 4 saturated carbocycles. The van der Waals surface area contributed by atoms with E-state index in [1.54, 1.807) is 0 Å². The average Bonchev–Trinajstić information content (AvgIpc) is 3.31. The quantitative estimate of drug-likeness (QED) is 0.474. The summed E-state index contributed by atoms with van der Waals surface area (Å²) < 4.78 is 6.24. The molecule has 0 amide bonds. The van der Waals surface area contributed by atoms with Crippen LogP contribution in [-0.2, 0) is 9.53 Å². The standard InChI is InChI=1S/C27H44O2/c1-17(2)7-6-8-18(3)20-9-10-21-19-11-16-27-24(29-27)23(28)13-15-26(27,5)22(19)12-14-25(20,21)4/h17-22,24H,6-16H2,1-5H3/t18-,19?,20-,21+,22+,24?,25-,26-,27?/m1/s1. The summed E-state index contributed by atoms with van der Waals surface area (Å²) in [5.41, 5.74) is 0.768. The first-order valence-electron chi connectivity index (χ1n) is 12.9. The van der Waals surface area contributed by atoms with E-state index in [1.807, 2.05) is 0 Å². The molecule has 0 aromatic heterocycles. The lowest BCUT2D eigenvalue weighted by Crippen LogP contribution is -2.58. The van der Waals surface area contributed by atoms with Crippen LogP contribution >= 0.6 is 0 Å². The summed E-state index contributed by atoms with van der Waals surface area (Å²) >= 11 is 0. The smallest absolute Gasteiger partial charge is 0.164 e. The van der Waals surface area contributed by atoms with Crippen LogP contribution in [0.1, 0.15) is 105 Å². The van der Waals surface area contributed by atoms with E-state index in [0.29, 0.717) is 11.2 Å². The molecule has 1 aliphatic heterocycles. The highest BCUT2D eigenvalue weighted by Gasteiger charge is 2.76. The lowest BCUT2D eigenvalue weighted by molar-refractivity contribution is -0.132. The molecule has 4 aliphatic carbocycles. The number of carbonyl (C=O) groups is 1. The van der Waals surface area contributed by atoms with E-state index in [-0.39, 0.29) is 17.1 Å². The molecule has 0 N–H and O–H groups in total. The fourth-order valence-electron chi connectivity index (χ4n) is 9.52. The zero-order chi connectivity index (χ0) is 20.6. The van der Waals surface area contributed by atoms with Gasteiger partial charge in [0.25, 0.3) is 0 Å². The topological polar surface area (TPSA) is 29.6 Å². The summed E-state index contributed by atoms with van der Waals surface area (Å²) in [6, 6.07) is 0. The number of fused-ring (bicyclic) bond motifs is 4. The summed E-state index contributed by atoms with van der Waals surface area (Å²) in [5, 5.41) is 0. The minimum atomic E-state index is -0.0562. The zero-order valence-electron chi connectivity index (χ0n) is 19.6. The molecule has 1 heterocycles. The molecular weight excluding hydrogens is 356 g/mol. The molecule has 9 atom stereocenters. The normalized spacial score (nSPS) is 51.8. The molecular formula is C27H44O2. The van der Waals surface area contributed by atoms with Gasteiger partial charge in [-0.2, -0.15) is 0 Å². The molecule has 1 saturated heterocycles. The summed E-state index contributed by atoms with van der Waals surface area (Å²) in [5.74, 6) is 5.66. The van der Waals surface area contributed by atoms with Crippen LogP contribution < -0.4 is 0 Å². The number of Topliss-reactive ketones (excluding diaryl/α,β-unsaturated/α-hetero) is 1. The van der Waals surface area contributed by atoms with Gasteiger partial charge in [-0.25, -0.2) is 0 Å². The molecule has 0 aromatic carbocycles. The second-order valence-electron chi connectivity index (χ2n) is 12.7. The van der Waals surface area contributed by atoms with Gasteiger partial charge in [0.05, 0.1) is 0 Å². The Kier molecular flexibility index (Phi) is 4.82. The van der Waals surface area contributed by atoms with Gasteiger partial charge in [0.2, 0.25) is 0 Å². The molecule has 3 unspecified atom stereocenters. The van der Waals surface area contributed by atoms with Gasteiger partial charge in [0.15, 0.2) is 5.78 Å². The number of ketones is 1. The number of hydrogen-bond donors (Lipinski definition) is 0. The summed E-state index contributed by atoms with van der Waals surface area (Å²) in [4.78, 5) is 12.3. The Balaban J connectivity index is 1.32. The Morgan fingerprint density at radius 1 is 0.966 bits per heavy atom. The van der Waals surface area contributed by atoms with Crippen LogP contribution in [0, 0.1) is 46.3 Å². The van der Waals surface area contributed by atoms with E-state index in [4.69, 9.17) is 4.74 Å². The van der Waals surface area contributed by atoms with Gasteiger partial charge in [-0.15, -0.1) is 0 Å². The van der Waals surface area contributed by atoms with Crippen molar-refractivity contribution in [3.8, 4) is 0 Å². The van der Waals surface area contributed by atoms with Crippen LogP contribution in [0.2, 0.25) is 0 Å². The summed E-state index contributed by atoms with van der Waals surface area (Å²) in [6.07, 6.45) is 14.3. The van der Waals surface area contributed by atoms with Gasteiger partial charge in [0, 0.05) is 11.8 Å². The second-order valence-corrected chi connectivity index (χ2v) is 12.7. The Morgan fingerprint density at radius 2 is 1.76 bits per heavy atom. The first-order chi connectivity index (χ1) is 13.7. The molecule has 0 aromatic rings. The van der Waals surface area contributed by atoms with E-state index >= 15 is 0 Å². The molecule has 29 heavy (non-hydrogen) atoms. The molecule has 5 rings (SSSR count). The van der Waals surface area contributed by atoms with Crippen molar-refractivity contribution in [2.75, 3.05) is 0 Å². The number of rotatable bonds is 5. The maximum Gasteiger partial charge on any atom is 0.164 e. The van der Waals surface area contributed by atoms with Crippen LogP contribution in [0.25, 0.3) is 0 Å². The minimum Gasteiger partial charge on any atom is -0.357 e. The Hall–Kier alpha value is -0.370. The predicted octanol–water partition coefficient (Wildman–Crippen LogP) is 6.81. The fraction of sp³-hybridized carbons (Fsp3) is 0.963. The van der Waals surface area contributed by atoms with Crippen molar-refractivity contribution >= 4 is 5.78 Å². The lowest BCUT2D eigenvalue weighted by atomic mass is 9.44. The average molecular weight is 401 g/mol.